The van der Waals surface area contributed by atoms with Crippen molar-refractivity contribution < 1.29 is 54.8 Å². The van der Waals surface area contributed by atoms with E-state index in [1.807, 2.05) is 0 Å². The van der Waals surface area contributed by atoms with Gasteiger partial charge in [0.1, 0.15) is 23.0 Å². The smallest absolute Gasteiger partial charge is 0.366 e. The number of aromatic nitrogens is 1. The highest BCUT2D eigenvalue weighted by Gasteiger charge is 2.51. The van der Waals surface area contributed by atoms with Gasteiger partial charge in [-0.1, -0.05) is 12.1 Å². The van der Waals surface area contributed by atoms with Gasteiger partial charge in [-0.25, -0.2) is 13.2 Å². The zero-order chi connectivity index (χ0) is 34.0. The second-order valence-electron chi connectivity index (χ2n) is 10.3. The molecule has 0 aliphatic heterocycles. The summed E-state index contributed by atoms with van der Waals surface area (Å²) in [5.74, 6) is -10.3. The summed E-state index contributed by atoms with van der Waals surface area (Å²) < 4.78 is 112. The van der Waals surface area contributed by atoms with Gasteiger partial charge in [0.05, 0.1) is 17.3 Å². The minimum atomic E-state index is -5.42. The maximum absolute atomic E-state index is 14.8. The Labute approximate surface area is 255 Å². The van der Waals surface area contributed by atoms with Crippen molar-refractivity contribution in [2.24, 2.45) is 5.73 Å². The van der Waals surface area contributed by atoms with Crippen LogP contribution in [0.5, 0.6) is 0 Å². The van der Waals surface area contributed by atoms with Crippen molar-refractivity contribution >= 4 is 23.3 Å². The summed E-state index contributed by atoms with van der Waals surface area (Å²) in [6, 6.07) is 7.46. The summed E-state index contributed by atoms with van der Waals surface area (Å²) in [7, 11) is 0. The number of primary amides is 1. The van der Waals surface area contributed by atoms with Crippen LogP contribution in [0.2, 0.25) is 0 Å². The number of carbonyl (C=O) groups excluding carboxylic acids is 3. The monoisotopic (exact) mass is 654 g/mol. The number of alkyl halides is 5. The normalized spacial score (nSPS) is 15.4. The number of benzene rings is 2. The molecule has 2 aromatic carbocycles. The van der Waals surface area contributed by atoms with Crippen LogP contribution in [-0.2, 0) is 16.0 Å². The lowest BCUT2D eigenvalue weighted by atomic mass is 9.88. The Morgan fingerprint density at radius 3 is 2.37 bits per heavy atom. The van der Waals surface area contributed by atoms with E-state index in [-0.39, 0.29) is 28.8 Å². The maximum Gasteiger partial charge on any atom is 0.433 e. The molecule has 0 saturated heterocycles. The highest BCUT2D eigenvalue weighted by atomic mass is 19.4. The Morgan fingerprint density at radius 2 is 1.74 bits per heavy atom. The molecule has 8 nitrogen and oxygen atoms in total. The van der Waals surface area contributed by atoms with Crippen molar-refractivity contribution in [3.8, 4) is 11.1 Å². The summed E-state index contributed by atoms with van der Waals surface area (Å²) in [6.07, 6.45) is -6.57. The Hall–Kier alpha value is -4.99. The molecule has 6 N–H and O–H groups in total. The van der Waals surface area contributed by atoms with E-state index in [4.69, 9.17) is 11.1 Å². The standard InChI is InChI=1S/C30H23F8N5O3/c31-16-8-14(9-17(32)12-16)10-21(25-18(2-1-7-41-25)15-3-4-20(33)19(11-15)28(40)46)43-23(45)13-42-27-24(26(39)30(36,37)38)22(44)5-6-29(27,34)35/h1-4,7-9,11-12,21,39,42H,5-6,10,13H2,(H2,40,46)(H,43,45)/p+1/t21-/m0/s1. The molecule has 1 heterocycles. The summed E-state index contributed by atoms with van der Waals surface area (Å²) >= 11 is 0. The number of hydrogen-bond donors (Lipinski definition) is 4. The summed E-state index contributed by atoms with van der Waals surface area (Å²) in [4.78, 5) is 41.4. The number of pyridine rings is 1. The Kier molecular flexibility index (Phi) is 9.70. The topological polar surface area (TPSA) is 143 Å². The third-order valence-electron chi connectivity index (χ3n) is 7.04. The van der Waals surface area contributed by atoms with E-state index in [2.05, 4.69) is 10.3 Å². The quantitative estimate of drug-likeness (QED) is 0.193. The van der Waals surface area contributed by atoms with Crippen LogP contribution in [0.3, 0.4) is 0 Å². The van der Waals surface area contributed by atoms with Gasteiger partial charge in [-0.3, -0.25) is 24.8 Å². The molecule has 16 heteroatoms. The van der Waals surface area contributed by atoms with Crippen LogP contribution in [0.15, 0.2) is 66.0 Å². The highest BCUT2D eigenvalue weighted by molar-refractivity contribution is 6.24. The summed E-state index contributed by atoms with van der Waals surface area (Å²) in [5, 5.41) is 10.2. The lowest BCUT2D eigenvalue weighted by Gasteiger charge is -2.26. The molecular formula is C30H24F8N5O3+. The first kappa shape index (κ1) is 33.9. The largest absolute Gasteiger partial charge is 0.433 e. The number of amides is 2. The minimum Gasteiger partial charge on any atom is -0.366 e. The molecule has 46 heavy (non-hydrogen) atoms. The van der Waals surface area contributed by atoms with Crippen molar-refractivity contribution in [1.82, 2.24) is 10.3 Å². The molecule has 2 amide bonds. The molecule has 3 aromatic rings. The lowest BCUT2D eigenvalue weighted by molar-refractivity contribution is -0.610. The van der Waals surface area contributed by atoms with E-state index in [0.717, 1.165) is 24.3 Å². The van der Waals surface area contributed by atoms with Crippen LogP contribution >= 0.6 is 0 Å². The third-order valence-corrected chi connectivity index (χ3v) is 7.04. The van der Waals surface area contributed by atoms with E-state index < -0.39 is 95.1 Å². The molecule has 1 aromatic heterocycles. The van der Waals surface area contributed by atoms with Crippen molar-refractivity contribution in [1.29, 1.82) is 5.41 Å². The van der Waals surface area contributed by atoms with Gasteiger partial charge < -0.3 is 16.4 Å². The van der Waals surface area contributed by atoms with Crippen molar-refractivity contribution in [2.45, 2.75) is 37.4 Å². The average molecular weight is 655 g/mol. The number of halogens is 8. The number of hydrogen-bond acceptors (Lipinski definition) is 5. The summed E-state index contributed by atoms with van der Waals surface area (Å²) in [6.45, 7) is -0.995. The predicted molar refractivity (Wildman–Crippen MR) is 146 cm³/mol. The number of carbonyl (C=O) groups is 3. The molecule has 1 atom stereocenters. The number of quaternary nitrogens is 1. The van der Waals surface area contributed by atoms with Gasteiger partial charge >= 0.3 is 12.1 Å². The number of Topliss-reactive ketones (excluding diaryl/α,β-unsaturated/α-hetero) is 1. The van der Waals surface area contributed by atoms with E-state index >= 15 is 0 Å². The molecular weight excluding hydrogens is 630 g/mol. The zero-order valence-electron chi connectivity index (χ0n) is 23.5. The van der Waals surface area contributed by atoms with Gasteiger partial charge in [-0.15, -0.1) is 0 Å². The molecule has 4 rings (SSSR count). The number of ketones is 1. The molecule has 0 radical (unpaired) electrons. The Bertz CT molecular complexity index is 1740. The number of nitrogens with zero attached hydrogens (tertiary/aromatic N) is 1. The number of nitrogens with two attached hydrogens (primary N) is 2. The molecule has 242 valence electrons. The number of allylic oxidation sites excluding steroid dienone is 2. The van der Waals surface area contributed by atoms with Crippen LogP contribution in [0.4, 0.5) is 35.1 Å². The first-order chi connectivity index (χ1) is 21.5. The Morgan fingerprint density at radius 1 is 1.07 bits per heavy atom. The van der Waals surface area contributed by atoms with Crippen LogP contribution in [0.1, 0.15) is 40.5 Å². The second kappa shape index (κ2) is 13.2. The highest BCUT2D eigenvalue weighted by Crippen LogP contribution is 2.36. The molecule has 0 spiro atoms. The van der Waals surface area contributed by atoms with Gasteiger partial charge in [0.2, 0.25) is 0 Å². The first-order valence-electron chi connectivity index (χ1n) is 13.4. The molecule has 0 saturated carbocycles. The fraction of sp³-hybridized carbons (Fsp3) is 0.233. The van der Waals surface area contributed by atoms with Gasteiger partial charge in [-0.05, 0) is 47.9 Å². The fourth-order valence-electron chi connectivity index (χ4n) is 4.98. The minimum absolute atomic E-state index is 0.00773. The second-order valence-corrected chi connectivity index (χ2v) is 10.3. The predicted octanol–water partition coefficient (Wildman–Crippen LogP) is 4.06. The van der Waals surface area contributed by atoms with Gasteiger partial charge in [-0.2, -0.15) is 22.0 Å². The van der Waals surface area contributed by atoms with E-state index in [1.165, 1.54) is 24.4 Å². The van der Waals surface area contributed by atoms with Crippen molar-refractivity contribution in [2.75, 3.05) is 6.54 Å². The average Bonchev–Trinajstić information content (AvgIpc) is 2.96. The van der Waals surface area contributed by atoms with Crippen LogP contribution in [0, 0.1) is 22.9 Å². The van der Waals surface area contributed by atoms with Crippen LogP contribution < -0.4 is 16.4 Å². The first-order valence-corrected chi connectivity index (χ1v) is 13.4. The number of nitrogens with one attached hydrogen (secondary N) is 2. The number of rotatable bonds is 10. The molecule has 0 fully saturated rings. The fourth-order valence-corrected chi connectivity index (χ4v) is 4.98. The zero-order valence-corrected chi connectivity index (χ0v) is 23.5. The SMILES string of the molecule is N=C(C1=C([NH2+]CC(=O)N[C@@H](Cc2cc(F)cc(F)c2)c2ncccc2-c2ccc(F)c(C(N)=O)c2)C(F)(F)CCC1=O)C(F)(F)F. The van der Waals surface area contributed by atoms with E-state index in [9.17, 15) is 49.5 Å². The maximum atomic E-state index is 14.8. The van der Waals surface area contributed by atoms with Crippen molar-refractivity contribution in [3.63, 3.8) is 0 Å². The van der Waals surface area contributed by atoms with E-state index in [1.54, 1.807) is 0 Å². The molecule has 0 unspecified atom stereocenters. The van der Waals surface area contributed by atoms with Gasteiger partial charge in [0.15, 0.2) is 23.7 Å². The van der Waals surface area contributed by atoms with Crippen LogP contribution in [-0.4, -0.2) is 46.9 Å². The van der Waals surface area contributed by atoms with Crippen molar-refractivity contribution in [3.05, 3.63) is 100 Å². The molecule has 1 aliphatic carbocycles. The molecule has 0 bridgehead atoms. The van der Waals surface area contributed by atoms with Gasteiger partial charge in [0.25, 0.3) is 11.8 Å². The molecule has 1 aliphatic rings. The Balaban J connectivity index is 1.72. The summed E-state index contributed by atoms with van der Waals surface area (Å²) in [5.41, 5.74) is -0.0628. The van der Waals surface area contributed by atoms with Gasteiger partial charge in [0, 0.05) is 30.7 Å². The van der Waals surface area contributed by atoms with Crippen LogP contribution in [0.25, 0.3) is 11.1 Å². The van der Waals surface area contributed by atoms with E-state index in [0.29, 0.717) is 11.4 Å². The lowest BCUT2D eigenvalue weighted by Crippen LogP contribution is -2.88. The third kappa shape index (κ3) is 7.62.